The van der Waals surface area contributed by atoms with Crippen molar-refractivity contribution in [1.29, 1.82) is 0 Å². The number of benzene rings is 1. The van der Waals surface area contributed by atoms with E-state index in [1.807, 2.05) is 6.92 Å². The molecule has 2 aromatic heterocycles. The first-order chi connectivity index (χ1) is 11.1. The molecule has 7 heteroatoms. The number of nitrogens with one attached hydrogen (secondary N) is 2. The Labute approximate surface area is 132 Å². The third kappa shape index (κ3) is 3.63. The first-order valence-corrected chi connectivity index (χ1v) is 7.28. The van der Waals surface area contributed by atoms with Gasteiger partial charge in [0.25, 0.3) is 0 Å². The molecule has 0 aliphatic heterocycles. The molecule has 0 atom stereocenters. The van der Waals surface area contributed by atoms with Crippen molar-refractivity contribution >= 4 is 11.7 Å². The van der Waals surface area contributed by atoms with Crippen LogP contribution in [0.1, 0.15) is 18.3 Å². The monoisotopic (exact) mass is 313 g/mol. The van der Waals surface area contributed by atoms with Crippen LogP contribution in [0.25, 0.3) is 5.69 Å². The van der Waals surface area contributed by atoms with Gasteiger partial charge in [-0.3, -0.25) is 9.89 Å². The van der Waals surface area contributed by atoms with E-state index in [-0.39, 0.29) is 18.1 Å². The summed E-state index contributed by atoms with van der Waals surface area (Å²) < 4.78 is 14.5. The third-order valence-electron chi connectivity index (χ3n) is 3.36. The molecule has 0 saturated carbocycles. The molecule has 3 rings (SSSR count). The lowest BCUT2D eigenvalue weighted by atomic mass is 10.3. The number of aromatic amines is 1. The molecule has 1 aromatic carbocycles. The van der Waals surface area contributed by atoms with E-state index in [1.165, 1.54) is 12.1 Å². The molecular weight excluding hydrogens is 297 g/mol. The molecule has 0 unspecified atom stereocenters. The molecule has 0 bridgehead atoms. The van der Waals surface area contributed by atoms with Crippen molar-refractivity contribution < 1.29 is 9.18 Å². The largest absolute Gasteiger partial charge is 0.309 e. The molecule has 0 fully saturated rings. The van der Waals surface area contributed by atoms with Gasteiger partial charge in [-0.1, -0.05) is 6.92 Å². The van der Waals surface area contributed by atoms with Gasteiger partial charge in [0, 0.05) is 18.0 Å². The lowest BCUT2D eigenvalue weighted by Gasteiger charge is -2.01. The van der Waals surface area contributed by atoms with Gasteiger partial charge in [0.05, 0.1) is 17.8 Å². The summed E-state index contributed by atoms with van der Waals surface area (Å²) in [6, 6.07) is 9.54. The number of hydrogen-bond acceptors (Lipinski definition) is 3. The van der Waals surface area contributed by atoms with Gasteiger partial charge in [0.2, 0.25) is 5.91 Å². The average Bonchev–Trinajstić information content (AvgIpc) is 3.17. The highest BCUT2D eigenvalue weighted by atomic mass is 19.1. The van der Waals surface area contributed by atoms with Gasteiger partial charge in [0.15, 0.2) is 5.82 Å². The maximum Gasteiger partial charge on any atom is 0.231 e. The van der Waals surface area contributed by atoms with Gasteiger partial charge in [-0.25, -0.2) is 9.07 Å². The lowest BCUT2D eigenvalue weighted by molar-refractivity contribution is -0.115. The molecule has 0 aliphatic carbocycles. The quantitative estimate of drug-likeness (QED) is 0.760. The van der Waals surface area contributed by atoms with Gasteiger partial charge < -0.3 is 5.32 Å². The number of carbonyl (C=O) groups is 1. The Morgan fingerprint density at radius 2 is 2.09 bits per heavy atom. The van der Waals surface area contributed by atoms with Crippen LogP contribution in [0.5, 0.6) is 0 Å². The second-order valence-corrected chi connectivity index (χ2v) is 5.08. The number of H-pyrrole nitrogens is 1. The van der Waals surface area contributed by atoms with Crippen LogP contribution < -0.4 is 5.32 Å². The lowest BCUT2D eigenvalue weighted by Crippen LogP contribution is -2.15. The number of halogens is 1. The summed E-state index contributed by atoms with van der Waals surface area (Å²) in [4.78, 5) is 12.0. The highest BCUT2D eigenvalue weighted by Gasteiger charge is 2.09. The summed E-state index contributed by atoms with van der Waals surface area (Å²) in [5.74, 6) is 0.0132. The Morgan fingerprint density at radius 1 is 1.30 bits per heavy atom. The van der Waals surface area contributed by atoms with Gasteiger partial charge in [-0.05, 0) is 36.8 Å². The van der Waals surface area contributed by atoms with E-state index in [2.05, 4.69) is 20.6 Å². The van der Waals surface area contributed by atoms with E-state index in [9.17, 15) is 9.18 Å². The summed E-state index contributed by atoms with van der Waals surface area (Å²) in [6.07, 6.45) is 2.70. The van der Waals surface area contributed by atoms with Crippen LogP contribution >= 0.6 is 0 Å². The fraction of sp³-hybridized carbons (Fsp3) is 0.188. The molecule has 118 valence electrons. The zero-order valence-electron chi connectivity index (χ0n) is 12.6. The van der Waals surface area contributed by atoms with Gasteiger partial charge >= 0.3 is 0 Å². The number of nitrogens with zero attached hydrogens (tertiary/aromatic N) is 3. The molecule has 6 nitrogen and oxygen atoms in total. The minimum Gasteiger partial charge on any atom is -0.309 e. The fourth-order valence-corrected chi connectivity index (χ4v) is 2.15. The van der Waals surface area contributed by atoms with Crippen molar-refractivity contribution in [2.24, 2.45) is 0 Å². The van der Waals surface area contributed by atoms with Crippen molar-refractivity contribution in [1.82, 2.24) is 20.0 Å². The summed E-state index contributed by atoms with van der Waals surface area (Å²) in [5.41, 5.74) is 2.32. The Hall–Kier alpha value is -2.96. The van der Waals surface area contributed by atoms with E-state index >= 15 is 0 Å². The summed E-state index contributed by atoms with van der Waals surface area (Å²) >= 11 is 0. The van der Waals surface area contributed by atoms with Gasteiger partial charge in [-0.15, -0.1) is 0 Å². The minimum absolute atomic E-state index is 0.141. The zero-order chi connectivity index (χ0) is 16.2. The summed E-state index contributed by atoms with van der Waals surface area (Å²) in [5, 5.41) is 13.9. The van der Waals surface area contributed by atoms with Crippen molar-refractivity contribution in [3.8, 4) is 5.69 Å². The molecule has 1 amide bonds. The predicted molar refractivity (Wildman–Crippen MR) is 83.8 cm³/mol. The molecule has 2 heterocycles. The summed E-state index contributed by atoms with van der Waals surface area (Å²) in [7, 11) is 0. The number of hydrogen-bond donors (Lipinski definition) is 2. The first-order valence-electron chi connectivity index (χ1n) is 7.28. The molecule has 0 saturated heterocycles. The van der Waals surface area contributed by atoms with Crippen molar-refractivity contribution in [2.75, 3.05) is 5.32 Å². The number of anilines is 1. The maximum absolute atomic E-state index is 12.9. The van der Waals surface area contributed by atoms with Crippen molar-refractivity contribution in [2.45, 2.75) is 19.8 Å². The standard InChI is InChI=1S/C16H16FN5O/c1-2-12-9-15(20-19-12)18-16(23)10-13-7-8-22(21-13)14-5-3-11(17)4-6-14/h3-9H,2,10H2,1H3,(H2,18,19,20,23). The maximum atomic E-state index is 12.9. The second-order valence-electron chi connectivity index (χ2n) is 5.08. The van der Waals surface area contributed by atoms with E-state index in [1.54, 1.807) is 35.1 Å². The number of aryl methyl sites for hydroxylation is 1. The van der Waals surface area contributed by atoms with Crippen LogP contribution in [0.15, 0.2) is 42.6 Å². The molecule has 23 heavy (non-hydrogen) atoms. The van der Waals surface area contributed by atoms with Crippen LogP contribution in [0.4, 0.5) is 10.2 Å². The van der Waals surface area contributed by atoms with Crippen LogP contribution in [-0.4, -0.2) is 25.9 Å². The van der Waals surface area contributed by atoms with Gasteiger partial charge in [-0.2, -0.15) is 10.2 Å². The highest BCUT2D eigenvalue weighted by Crippen LogP contribution is 2.10. The smallest absolute Gasteiger partial charge is 0.231 e. The molecule has 2 N–H and O–H groups in total. The SMILES string of the molecule is CCc1cc(NC(=O)Cc2ccn(-c3ccc(F)cc3)n2)n[nH]1. The third-order valence-corrected chi connectivity index (χ3v) is 3.36. The Kier molecular flexibility index (Phi) is 4.18. The Morgan fingerprint density at radius 3 is 2.78 bits per heavy atom. The van der Waals surface area contributed by atoms with E-state index in [0.29, 0.717) is 11.5 Å². The summed E-state index contributed by atoms with van der Waals surface area (Å²) in [6.45, 7) is 2.00. The van der Waals surface area contributed by atoms with E-state index in [4.69, 9.17) is 0 Å². The Bertz CT molecular complexity index is 806. The van der Waals surface area contributed by atoms with E-state index in [0.717, 1.165) is 17.8 Å². The van der Waals surface area contributed by atoms with Gasteiger partial charge in [0.1, 0.15) is 5.82 Å². The molecular formula is C16H16FN5O. The zero-order valence-corrected chi connectivity index (χ0v) is 12.6. The fourth-order valence-electron chi connectivity index (χ4n) is 2.15. The number of amides is 1. The van der Waals surface area contributed by atoms with Crippen LogP contribution in [-0.2, 0) is 17.6 Å². The normalized spacial score (nSPS) is 10.7. The molecule has 0 aliphatic rings. The minimum atomic E-state index is -0.300. The van der Waals surface area contributed by atoms with Crippen molar-refractivity contribution in [3.05, 3.63) is 59.8 Å². The topological polar surface area (TPSA) is 75.6 Å². The van der Waals surface area contributed by atoms with Crippen LogP contribution in [0.2, 0.25) is 0 Å². The molecule has 3 aromatic rings. The molecule has 0 radical (unpaired) electrons. The average molecular weight is 313 g/mol. The van der Waals surface area contributed by atoms with Crippen LogP contribution in [0.3, 0.4) is 0 Å². The number of rotatable bonds is 5. The second kappa shape index (κ2) is 6.43. The first kappa shape index (κ1) is 15.0. The molecule has 0 spiro atoms. The predicted octanol–water partition coefficient (Wildman–Crippen LogP) is 2.48. The highest BCUT2D eigenvalue weighted by molar-refractivity contribution is 5.91. The van der Waals surface area contributed by atoms with Crippen molar-refractivity contribution in [3.63, 3.8) is 0 Å². The van der Waals surface area contributed by atoms with Crippen LogP contribution in [0, 0.1) is 5.82 Å². The number of aromatic nitrogens is 4. The Balaban J connectivity index is 1.64. The van der Waals surface area contributed by atoms with E-state index < -0.39 is 0 Å². The number of carbonyl (C=O) groups excluding carboxylic acids is 1.